The summed E-state index contributed by atoms with van der Waals surface area (Å²) in [4.78, 5) is 23.5. The van der Waals surface area contributed by atoms with Crippen LogP contribution in [0.5, 0.6) is 0 Å². The first kappa shape index (κ1) is 18.4. The van der Waals surface area contributed by atoms with Gasteiger partial charge in [-0.15, -0.1) is 0 Å². The zero-order chi connectivity index (χ0) is 17.4. The highest BCUT2D eigenvalue weighted by molar-refractivity contribution is 5.83. The van der Waals surface area contributed by atoms with Crippen molar-refractivity contribution in [1.29, 1.82) is 0 Å². The summed E-state index contributed by atoms with van der Waals surface area (Å²) in [6.07, 6.45) is 0.0741. The van der Waals surface area contributed by atoms with Gasteiger partial charge in [0.15, 0.2) is 0 Å². The SMILES string of the molecule is CC(=O)OCCC(=O)[C@@H]1[C@H]2CC[C@H](C)C[C@@H]2[C@H](O)[C@@H](O)[C@@]1(C)O. The van der Waals surface area contributed by atoms with E-state index in [-0.39, 0.29) is 30.6 Å². The molecule has 0 amide bonds. The lowest BCUT2D eigenvalue weighted by Crippen LogP contribution is -2.65. The maximum atomic E-state index is 12.6. The molecule has 7 atom stereocenters. The molecule has 0 bridgehead atoms. The lowest BCUT2D eigenvalue weighted by molar-refractivity contribution is -0.217. The second-order valence-electron chi connectivity index (χ2n) is 7.44. The van der Waals surface area contributed by atoms with Crippen LogP contribution in [0.2, 0.25) is 0 Å². The Balaban J connectivity index is 2.19. The van der Waals surface area contributed by atoms with Gasteiger partial charge in [0, 0.05) is 13.3 Å². The van der Waals surface area contributed by atoms with Gasteiger partial charge in [0.1, 0.15) is 17.5 Å². The number of hydrogen-bond donors (Lipinski definition) is 3. The molecular formula is C17H28O6. The van der Waals surface area contributed by atoms with Gasteiger partial charge in [0.05, 0.1) is 18.6 Å². The van der Waals surface area contributed by atoms with Crippen LogP contribution in [-0.4, -0.2) is 51.5 Å². The summed E-state index contributed by atoms with van der Waals surface area (Å²) in [6, 6.07) is 0. The first-order valence-corrected chi connectivity index (χ1v) is 8.40. The summed E-state index contributed by atoms with van der Waals surface area (Å²) >= 11 is 0. The number of hydrogen-bond acceptors (Lipinski definition) is 6. The summed E-state index contributed by atoms with van der Waals surface area (Å²) in [5, 5.41) is 31.4. The molecule has 2 aliphatic carbocycles. The summed E-state index contributed by atoms with van der Waals surface area (Å²) in [7, 11) is 0. The molecule has 0 aromatic rings. The molecule has 6 nitrogen and oxygen atoms in total. The summed E-state index contributed by atoms with van der Waals surface area (Å²) < 4.78 is 4.82. The van der Waals surface area contributed by atoms with Crippen molar-refractivity contribution in [2.45, 2.75) is 64.3 Å². The van der Waals surface area contributed by atoms with Gasteiger partial charge in [0.2, 0.25) is 0 Å². The number of carbonyl (C=O) groups excluding carboxylic acids is 2. The highest BCUT2D eigenvalue weighted by Gasteiger charge is 2.58. The van der Waals surface area contributed by atoms with Crippen molar-refractivity contribution in [2.75, 3.05) is 6.61 Å². The van der Waals surface area contributed by atoms with Crippen molar-refractivity contribution in [3.63, 3.8) is 0 Å². The Kier molecular flexibility index (Phi) is 5.48. The van der Waals surface area contributed by atoms with E-state index in [9.17, 15) is 24.9 Å². The zero-order valence-electron chi connectivity index (χ0n) is 14.1. The number of Topliss-reactive ketones (excluding diaryl/α,β-unsaturated/α-hetero) is 1. The number of ether oxygens (including phenoxy) is 1. The molecule has 2 fully saturated rings. The first-order valence-electron chi connectivity index (χ1n) is 8.40. The summed E-state index contributed by atoms with van der Waals surface area (Å²) in [6.45, 7) is 4.77. The lowest BCUT2D eigenvalue weighted by Gasteiger charge is -2.53. The van der Waals surface area contributed by atoms with Gasteiger partial charge in [-0.1, -0.05) is 13.3 Å². The van der Waals surface area contributed by atoms with E-state index in [0.29, 0.717) is 5.92 Å². The molecule has 0 heterocycles. The first-order chi connectivity index (χ1) is 10.7. The molecule has 2 saturated carbocycles. The van der Waals surface area contributed by atoms with Crippen LogP contribution >= 0.6 is 0 Å². The van der Waals surface area contributed by atoms with Crippen LogP contribution in [0.4, 0.5) is 0 Å². The Bertz CT molecular complexity index is 460. The van der Waals surface area contributed by atoms with Crippen LogP contribution in [0.3, 0.4) is 0 Å². The van der Waals surface area contributed by atoms with Crippen molar-refractivity contribution in [2.24, 2.45) is 23.7 Å². The van der Waals surface area contributed by atoms with E-state index >= 15 is 0 Å². The van der Waals surface area contributed by atoms with E-state index in [1.165, 1.54) is 13.8 Å². The topological polar surface area (TPSA) is 104 Å². The maximum absolute atomic E-state index is 12.6. The monoisotopic (exact) mass is 328 g/mol. The molecule has 0 aromatic carbocycles. The molecule has 0 unspecified atom stereocenters. The molecule has 0 spiro atoms. The van der Waals surface area contributed by atoms with E-state index in [0.717, 1.165) is 19.3 Å². The smallest absolute Gasteiger partial charge is 0.302 e. The van der Waals surface area contributed by atoms with Crippen LogP contribution in [-0.2, 0) is 14.3 Å². The Hall–Kier alpha value is -0.980. The number of carbonyl (C=O) groups is 2. The van der Waals surface area contributed by atoms with E-state index in [1.54, 1.807) is 0 Å². The Morgan fingerprint density at radius 3 is 2.48 bits per heavy atom. The second-order valence-corrected chi connectivity index (χ2v) is 7.44. The van der Waals surface area contributed by atoms with Gasteiger partial charge < -0.3 is 20.1 Å². The summed E-state index contributed by atoms with van der Waals surface area (Å²) in [5.74, 6) is -1.31. The average Bonchev–Trinajstić information content (AvgIpc) is 2.45. The van der Waals surface area contributed by atoms with Crippen molar-refractivity contribution >= 4 is 11.8 Å². The molecule has 0 aromatic heterocycles. The van der Waals surface area contributed by atoms with Gasteiger partial charge >= 0.3 is 5.97 Å². The number of aliphatic hydroxyl groups excluding tert-OH is 2. The fourth-order valence-corrected chi connectivity index (χ4v) is 4.47. The minimum absolute atomic E-state index is 0.0159. The summed E-state index contributed by atoms with van der Waals surface area (Å²) in [5.41, 5.74) is -1.67. The highest BCUT2D eigenvalue weighted by atomic mass is 16.5. The number of esters is 1. The lowest BCUT2D eigenvalue weighted by atomic mass is 9.55. The third kappa shape index (κ3) is 3.59. The normalized spacial score (nSPS) is 43.6. The van der Waals surface area contributed by atoms with Crippen LogP contribution in [0.25, 0.3) is 0 Å². The Morgan fingerprint density at radius 1 is 1.22 bits per heavy atom. The molecule has 2 aliphatic rings. The van der Waals surface area contributed by atoms with Crippen LogP contribution < -0.4 is 0 Å². The van der Waals surface area contributed by atoms with E-state index < -0.39 is 29.7 Å². The molecule has 23 heavy (non-hydrogen) atoms. The number of rotatable bonds is 4. The fourth-order valence-electron chi connectivity index (χ4n) is 4.47. The largest absolute Gasteiger partial charge is 0.465 e. The quantitative estimate of drug-likeness (QED) is 0.655. The molecule has 0 aliphatic heterocycles. The van der Waals surface area contributed by atoms with E-state index in [1.807, 2.05) is 0 Å². The third-order valence-electron chi connectivity index (χ3n) is 5.64. The standard InChI is InChI=1S/C17H28O6/c1-9-4-5-11-12(8-9)15(20)16(21)17(3,22)14(11)13(19)6-7-23-10(2)18/h9,11-12,14-16,20-22H,4-8H2,1-3H3/t9-,11-,12-,14-,15-,16+,17-/m0/s1. The van der Waals surface area contributed by atoms with Crippen molar-refractivity contribution in [1.82, 2.24) is 0 Å². The van der Waals surface area contributed by atoms with E-state index in [2.05, 4.69) is 6.92 Å². The molecular weight excluding hydrogens is 300 g/mol. The molecule has 0 saturated heterocycles. The maximum Gasteiger partial charge on any atom is 0.302 e. The van der Waals surface area contributed by atoms with Crippen molar-refractivity contribution < 1.29 is 29.6 Å². The minimum Gasteiger partial charge on any atom is -0.465 e. The number of ketones is 1. The van der Waals surface area contributed by atoms with E-state index in [4.69, 9.17) is 4.74 Å². The van der Waals surface area contributed by atoms with Crippen molar-refractivity contribution in [3.8, 4) is 0 Å². The molecule has 2 rings (SSSR count). The van der Waals surface area contributed by atoms with Crippen LogP contribution in [0.15, 0.2) is 0 Å². The average molecular weight is 328 g/mol. The number of aliphatic hydroxyl groups is 3. The number of fused-ring (bicyclic) bond motifs is 1. The highest BCUT2D eigenvalue weighted by Crippen LogP contribution is 2.50. The Morgan fingerprint density at radius 2 is 1.87 bits per heavy atom. The molecule has 3 N–H and O–H groups in total. The second kappa shape index (κ2) is 6.87. The fraction of sp³-hybridized carbons (Fsp3) is 0.882. The van der Waals surface area contributed by atoms with Gasteiger partial charge in [-0.2, -0.15) is 0 Å². The molecule has 0 radical (unpaired) electrons. The van der Waals surface area contributed by atoms with Gasteiger partial charge in [0.25, 0.3) is 0 Å². The predicted octanol–water partition coefficient (Wildman–Crippen LogP) is 0.664. The minimum atomic E-state index is -1.67. The third-order valence-corrected chi connectivity index (χ3v) is 5.64. The Labute approximate surface area is 136 Å². The van der Waals surface area contributed by atoms with Crippen LogP contribution in [0, 0.1) is 23.7 Å². The predicted molar refractivity (Wildman–Crippen MR) is 82.4 cm³/mol. The van der Waals surface area contributed by atoms with Gasteiger partial charge in [-0.05, 0) is 37.5 Å². The molecule has 132 valence electrons. The van der Waals surface area contributed by atoms with Gasteiger partial charge in [-0.25, -0.2) is 0 Å². The van der Waals surface area contributed by atoms with Crippen molar-refractivity contribution in [3.05, 3.63) is 0 Å². The zero-order valence-corrected chi connectivity index (χ0v) is 14.1. The van der Waals surface area contributed by atoms with Gasteiger partial charge in [-0.3, -0.25) is 9.59 Å². The molecule has 6 heteroatoms. The van der Waals surface area contributed by atoms with Crippen LogP contribution in [0.1, 0.15) is 46.5 Å².